The second kappa shape index (κ2) is 7.75. The molecule has 2 heterocycles. The molecule has 1 N–H and O–H groups in total. The molecule has 0 spiro atoms. The molecule has 142 valence electrons. The minimum Gasteiger partial charge on any atom is -0.324 e. The maximum atomic E-state index is 12.8. The number of hydrogen-bond donors (Lipinski definition) is 1. The summed E-state index contributed by atoms with van der Waals surface area (Å²) in [5, 5.41) is 11.2. The van der Waals surface area contributed by atoms with Crippen molar-refractivity contribution in [1.29, 1.82) is 0 Å². The molecule has 0 unspecified atom stereocenters. The first-order chi connectivity index (χ1) is 12.6. The highest BCUT2D eigenvalue weighted by molar-refractivity contribution is 7.99. The predicted octanol–water partition coefficient (Wildman–Crippen LogP) is 5.44. The zero-order valence-electron chi connectivity index (χ0n) is 13.0. The minimum absolute atomic E-state index is 0.00663. The quantitative estimate of drug-likeness (QED) is 0.532. The van der Waals surface area contributed by atoms with Gasteiger partial charge in [-0.2, -0.15) is 13.2 Å². The lowest BCUT2D eigenvalue weighted by atomic mass is 10.2. The summed E-state index contributed by atoms with van der Waals surface area (Å²) in [6.07, 6.45) is -3.01. The molecule has 0 aliphatic rings. The summed E-state index contributed by atoms with van der Waals surface area (Å²) < 4.78 is 39.9. The van der Waals surface area contributed by atoms with Crippen LogP contribution in [-0.4, -0.2) is 26.3 Å². The highest BCUT2D eigenvalue weighted by Crippen LogP contribution is 2.34. The van der Waals surface area contributed by atoms with Crippen molar-refractivity contribution < 1.29 is 18.0 Å². The average molecular weight is 456 g/mol. The van der Waals surface area contributed by atoms with Crippen LogP contribution in [0.5, 0.6) is 0 Å². The van der Waals surface area contributed by atoms with Crippen LogP contribution in [0.3, 0.4) is 0 Å². The number of nitrogens with zero attached hydrogens (tertiary/aromatic N) is 3. The van der Waals surface area contributed by atoms with E-state index in [1.165, 1.54) is 16.7 Å². The molecular weight excluding hydrogens is 448 g/mol. The van der Waals surface area contributed by atoms with Crippen molar-refractivity contribution in [2.24, 2.45) is 0 Å². The van der Waals surface area contributed by atoms with Crippen LogP contribution < -0.4 is 5.32 Å². The highest BCUT2D eigenvalue weighted by Gasteiger charge is 2.31. The van der Waals surface area contributed by atoms with Crippen LogP contribution in [0, 0.1) is 0 Å². The fourth-order valence-corrected chi connectivity index (χ4v) is 3.50. The van der Waals surface area contributed by atoms with E-state index >= 15 is 0 Å². The van der Waals surface area contributed by atoms with E-state index < -0.39 is 17.6 Å². The number of benzene rings is 1. The maximum Gasteiger partial charge on any atom is 0.416 e. The van der Waals surface area contributed by atoms with Crippen molar-refractivity contribution in [2.75, 3.05) is 11.1 Å². The lowest BCUT2D eigenvalue weighted by molar-refractivity contribution is -0.137. The molecule has 0 aliphatic heterocycles. The third-order valence-electron chi connectivity index (χ3n) is 3.30. The number of anilines is 1. The number of amides is 1. The van der Waals surface area contributed by atoms with E-state index in [-0.39, 0.29) is 16.5 Å². The number of nitrogens with one attached hydrogen (secondary N) is 1. The molecule has 3 rings (SSSR count). The van der Waals surface area contributed by atoms with E-state index in [0.717, 1.165) is 30.0 Å². The molecule has 3 aromatic rings. The molecular formula is C15H8Cl3F3N4OS. The number of carbonyl (C=O) groups is 1. The molecule has 0 saturated heterocycles. The summed E-state index contributed by atoms with van der Waals surface area (Å²) in [7, 11) is 0. The molecule has 27 heavy (non-hydrogen) atoms. The normalized spacial score (nSPS) is 11.8. The van der Waals surface area contributed by atoms with E-state index in [2.05, 4.69) is 15.5 Å². The first kappa shape index (κ1) is 20.1. The minimum atomic E-state index is -4.54. The largest absolute Gasteiger partial charge is 0.416 e. The Morgan fingerprint density at radius 1 is 1.15 bits per heavy atom. The summed E-state index contributed by atoms with van der Waals surface area (Å²) in [6.45, 7) is 0. The number of thioether (sulfide) groups is 1. The van der Waals surface area contributed by atoms with E-state index in [1.54, 1.807) is 0 Å². The number of hydrogen-bond acceptors (Lipinski definition) is 4. The third kappa shape index (κ3) is 4.60. The summed E-state index contributed by atoms with van der Waals surface area (Å²) in [5.74, 6) is -0.705. The molecule has 0 aliphatic carbocycles. The summed E-state index contributed by atoms with van der Waals surface area (Å²) in [6, 6.07) is 4.19. The van der Waals surface area contributed by atoms with Gasteiger partial charge in [0.15, 0.2) is 10.8 Å². The topological polar surface area (TPSA) is 59.3 Å². The molecule has 2 aromatic heterocycles. The highest BCUT2D eigenvalue weighted by atomic mass is 35.5. The van der Waals surface area contributed by atoms with E-state index in [0.29, 0.717) is 20.8 Å². The van der Waals surface area contributed by atoms with Gasteiger partial charge in [-0.3, -0.25) is 9.20 Å². The Labute approximate surface area is 169 Å². The maximum absolute atomic E-state index is 12.8. The Balaban J connectivity index is 1.72. The van der Waals surface area contributed by atoms with Crippen molar-refractivity contribution >= 4 is 63.8 Å². The zero-order chi connectivity index (χ0) is 19.8. The Kier molecular flexibility index (Phi) is 5.76. The summed E-state index contributed by atoms with van der Waals surface area (Å²) >= 11 is 18.8. The van der Waals surface area contributed by atoms with Crippen molar-refractivity contribution in [2.45, 2.75) is 11.3 Å². The van der Waals surface area contributed by atoms with Gasteiger partial charge in [0.1, 0.15) is 0 Å². The van der Waals surface area contributed by atoms with E-state index in [9.17, 15) is 18.0 Å². The van der Waals surface area contributed by atoms with Gasteiger partial charge in [-0.15, -0.1) is 10.2 Å². The Morgan fingerprint density at radius 2 is 1.89 bits per heavy atom. The van der Waals surface area contributed by atoms with E-state index in [4.69, 9.17) is 34.8 Å². The molecule has 0 saturated carbocycles. The lowest BCUT2D eigenvalue weighted by Crippen LogP contribution is -2.15. The van der Waals surface area contributed by atoms with Crippen LogP contribution in [0.25, 0.3) is 5.65 Å². The van der Waals surface area contributed by atoms with Crippen molar-refractivity contribution in [1.82, 2.24) is 14.6 Å². The smallest absolute Gasteiger partial charge is 0.324 e. The number of fused-ring (bicyclic) bond motifs is 1. The lowest BCUT2D eigenvalue weighted by Gasteiger charge is -2.11. The second-order valence-corrected chi connectivity index (χ2v) is 7.41. The van der Waals surface area contributed by atoms with Gasteiger partial charge in [0.05, 0.1) is 32.1 Å². The molecule has 0 fully saturated rings. The molecule has 12 heteroatoms. The van der Waals surface area contributed by atoms with Crippen molar-refractivity contribution in [3.05, 3.63) is 51.1 Å². The number of halogens is 6. The number of carbonyl (C=O) groups excluding carboxylic acids is 1. The van der Waals surface area contributed by atoms with Gasteiger partial charge in [0.25, 0.3) is 0 Å². The van der Waals surface area contributed by atoms with Gasteiger partial charge in [-0.25, -0.2) is 0 Å². The van der Waals surface area contributed by atoms with Crippen LogP contribution in [0.1, 0.15) is 5.56 Å². The first-order valence-electron chi connectivity index (χ1n) is 7.14. The van der Waals surface area contributed by atoms with Gasteiger partial charge in [-0.05, 0) is 24.3 Å². The molecule has 0 atom stereocenters. The van der Waals surface area contributed by atoms with E-state index in [1.807, 2.05) is 0 Å². The van der Waals surface area contributed by atoms with Crippen molar-refractivity contribution in [3.63, 3.8) is 0 Å². The molecule has 1 amide bonds. The Bertz CT molecular complexity index is 1030. The summed E-state index contributed by atoms with van der Waals surface area (Å²) in [5.41, 5.74) is -0.679. The number of aromatic nitrogens is 3. The Hall–Kier alpha value is -1.68. The number of rotatable bonds is 4. The molecule has 1 aromatic carbocycles. The van der Waals surface area contributed by atoms with Crippen molar-refractivity contribution in [3.8, 4) is 0 Å². The van der Waals surface area contributed by atoms with Gasteiger partial charge in [0, 0.05) is 6.20 Å². The van der Waals surface area contributed by atoms with Gasteiger partial charge >= 0.3 is 6.18 Å². The third-order valence-corrected chi connectivity index (χ3v) is 5.05. The van der Waals surface area contributed by atoms with Crippen LogP contribution in [0.2, 0.25) is 15.1 Å². The zero-order valence-corrected chi connectivity index (χ0v) is 16.1. The number of alkyl halides is 3. The summed E-state index contributed by atoms with van der Waals surface area (Å²) in [4.78, 5) is 12.1. The molecule has 5 nitrogen and oxygen atoms in total. The first-order valence-corrected chi connectivity index (χ1v) is 9.26. The fourth-order valence-electron chi connectivity index (χ4n) is 2.11. The molecule has 0 radical (unpaired) electrons. The average Bonchev–Trinajstić information content (AvgIpc) is 2.97. The van der Waals surface area contributed by atoms with Crippen LogP contribution in [0.15, 0.2) is 35.6 Å². The number of pyridine rings is 1. The fraction of sp³-hybridized carbons (Fsp3) is 0.133. The predicted molar refractivity (Wildman–Crippen MR) is 98.8 cm³/mol. The Morgan fingerprint density at radius 3 is 2.59 bits per heavy atom. The SMILES string of the molecule is O=C(CSc1nnc2c(Cl)cc(Cl)cn12)Nc1cc(C(F)(F)F)ccc1Cl. The standard InChI is InChI=1S/C15H8Cl3F3N4OS/c16-8-4-10(18)13-23-24-14(25(13)5-8)27-6-12(26)22-11-3-7(15(19,20)21)1-2-9(11)17/h1-5H,6H2,(H,22,26). The van der Waals surface area contributed by atoms with Crippen LogP contribution in [0.4, 0.5) is 18.9 Å². The van der Waals surface area contributed by atoms with Gasteiger partial charge < -0.3 is 5.32 Å². The van der Waals surface area contributed by atoms with Crippen LogP contribution >= 0.6 is 46.6 Å². The molecule has 0 bridgehead atoms. The van der Waals surface area contributed by atoms with Gasteiger partial charge in [-0.1, -0.05) is 46.6 Å². The van der Waals surface area contributed by atoms with Gasteiger partial charge in [0.2, 0.25) is 5.91 Å². The van der Waals surface area contributed by atoms with Crippen LogP contribution in [-0.2, 0) is 11.0 Å². The second-order valence-electron chi connectivity index (χ2n) is 5.21. The monoisotopic (exact) mass is 454 g/mol.